The van der Waals surface area contributed by atoms with Gasteiger partial charge in [0.1, 0.15) is 11.6 Å². The molecule has 0 fully saturated rings. The molecule has 0 saturated carbocycles. The van der Waals surface area contributed by atoms with Crippen molar-refractivity contribution < 1.29 is 0 Å². The Hall–Kier alpha value is -2.94. The number of nitrogens with zero attached hydrogens (tertiary/aromatic N) is 6. The first kappa shape index (κ1) is 16.9. The summed E-state index contributed by atoms with van der Waals surface area (Å²) in [5, 5.41) is 12.2. The molecule has 8 nitrogen and oxygen atoms in total. The van der Waals surface area contributed by atoms with Crippen LogP contribution in [0.25, 0.3) is 0 Å². The number of thioether (sulfide) groups is 1. The fourth-order valence-corrected chi connectivity index (χ4v) is 2.99. The molecule has 0 bridgehead atoms. The molecule has 2 heterocycles. The minimum atomic E-state index is 0.174. The van der Waals surface area contributed by atoms with Gasteiger partial charge in [0.2, 0.25) is 11.9 Å². The molecule has 0 radical (unpaired) electrons. The lowest BCUT2D eigenvalue weighted by atomic mass is 10.3. The Morgan fingerprint density at radius 3 is 2.76 bits per heavy atom. The van der Waals surface area contributed by atoms with Crippen LogP contribution in [0.4, 0.5) is 17.6 Å². The summed E-state index contributed by atoms with van der Waals surface area (Å²) in [6.07, 6.45) is 1.81. The molecule has 0 saturated heterocycles. The van der Waals surface area contributed by atoms with E-state index < -0.39 is 0 Å². The molecule has 25 heavy (non-hydrogen) atoms. The van der Waals surface area contributed by atoms with Crippen LogP contribution in [-0.2, 0) is 12.3 Å². The number of nitrogens with two attached hydrogens (primary N) is 1. The maximum atomic E-state index is 5.81. The summed E-state index contributed by atoms with van der Waals surface area (Å²) in [7, 11) is 0. The Balaban J connectivity index is 1.74. The van der Waals surface area contributed by atoms with Gasteiger partial charge < -0.3 is 15.6 Å². The Bertz CT molecular complexity index is 862. The second-order valence-corrected chi connectivity index (χ2v) is 6.08. The number of aromatic nitrogens is 6. The van der Waals surface area contributed by atoms with E-state index in [0.717, 1.165) is 16.7 Å². The molecule has 2 aromatic heterocycles. The van der Waals surface area contributed by atoms with Crippen LogP contribution in [-0.4, -0.2) is 29.7 Å². The largest absolute Gasteiger partial charge is 0.368 e. The number of nitrogen functional groups attached to an aromatic ring is 1. The van der Waals surface area contributed by atoms with Gasteiger partial charge in [0.25, 0.3) is 0 Å². The van der Waals surface area contributed by atoms with Crippen molar-refractivity contribution in [3.63, 3.8) is 0 Å². The molecule has 3 N–H and O–H groups in total. The van der Waals surface area contributed by atoms with Crippen LogP contribution >= 0.6 is 11.8 Å². The lowest BCUT2D eigenvalue weighted by Crippen LogP contribution is -2.07. The molecular weight excluding hydrogens is 336 g/mol. The van der Waals surface area contributed by atoms with Gasteiger partial charge in [-0.15, -0.1) is 16.8 Å². The molecule has 3 rings (SSSR count). The van der Waals surface area contributed by atoms with E-state index in [9.17, 15) is 0 Å². The van der Waals surface area contributed by atoms with Gasteiger partial charge in [0, 0.05) is 12.2 Å². The molecule has 1 aromatic carbocycles. The average molecular weight is 354 g/mol. The Kier molecular flexibility index (Phi) is 5.24. The normalized spacial score (nSPS) is 10.6. The van der Waals surface area contributed by atoms with Crippen molar-refractivity contribution in [2.75, 3.05) is 11.1 Å². The molecule has 0 aliphatic rings. The van der Waals surface area contributed by atoms with Crippen LogP contribution in [0.15, 0.2) is 48.1 Å². The highest BCUT2D eigenvalue weighted by molar-refractivity contribution is 7.98. The second kappa shape index (κ2) is 7.75. The molecule has 128 valence electrons. The maximum absolute atomic E-state index is 5.81. The second-order valence-electron chi connectivity index (χ2n) is 5.14. The van der Waals surface area contributed by atoms with E-state index in [4.69, 9.17) is 5.73 Å². The molecule has 3 aromatic rings. The summed E-state index contributed by atoms with van der Waals surface area (Å²) in [6.45, 7) is 6.32. The average Bonchev–Trinajstić information content (AvgIpc) is 2.94. The Morgan fingerprint density at radius 1 is 1.20 bits per heavy atom. The zero-order chi connectivity index (χ0) is 17.6. The third-order valence-electron chi connectivity index (χ3n) is 3.27. The van der Waals surface area contributed by atoms with Crippen molar-refractivity contribution in [3.05, 3.63) is 54.6 Å². The minimum Gasteiger partial charge on any atom is -0.368 e. The third kappa shape index (κ3) is 4.32. The smallest absolute Gasteiger partial charge is 0.232 e. The molecule has 0 spiro atoms. The minimum absolute atomic E-state index is 0.174. The number of aryl methyl sites for hydroxylation is 1. The number of anilines is 3. The fraction of sp³-hybridized carbons (Fsp3) is 0.188. The molecule has 0 aliphatic carbocycles. The van der Waals surface area contributed by atoms with Crippen LogP contribution in [0.1, 0.15) is 11.6 Å². The van der Waals surface area contributed by atoms with E-state index >= 15 is 0 Å². The van der Waals surface area contributed by atoms with Crippen molar-refractivity contribution in [1.29, 1.82) is 0 Å². The van der Waals surface area contributed by atoms with Crippen molar-refractivity contribution in [1.82, 2.24) is 29.7 Å². The standard InChI is InChI=1S/C16H18N8S/c1-3-9-24-11(2)22-23-16(24)25-10-13-19-14(17)21-15(20-13)18-12-7-5-4-6-8-12/h3-8H,1,9-10H2,2H3,(H3,17,18,19,20,21). The zero-order valence-corrected chi connectivity index (χ0v) is 14.6. The summed E-state index contributed by atoms with van der Waals surface area (Å²) >= 11 is 1.49. The van der Waals surface area contributed by atoms with Crippen molar-refractivity contribution in [3.8, 4) is 0 Å². The quantitative estimate of drug-likeness (QED) is 0.492. The van der Waals surface area contributed by atoms with Gasteiger partial charge in [-0.25, -0.2) is 0 Å². The number of benzene rings is 1. The number of hydrogen-bond acceptors (Lipinski definition) is 8. The summed E-state index contributed by atoms with van der Waals surface area (Å²) in [6, 6.07) is 9.65. The molecular formula is C16H18N8S. The first-order valence-corrected chi connectivity index (χ1v) is 8.60. The first-order chi connectivity index (χ1) is 12.2. The number of allylic oxidation sites excluding steroid dienone is 1. The third-order valence-corrected chi connectivity index (χ3v) is 4.24. The molecule has 0 unspecified atom stereocenters. The van der Waals surface area contributed by atoms with Gasteiger partial charge >= 0.3 is 0 Å². The highest BCUT2D eigenvalue weighted by Gasteiger charge is 2.11. The van der Waals surface area contributed by atoms with Gasteiger partial charge in [0.15, 0.2) is 5.16 Å². The van der Waals surface area contributed by atoms with Crippen LogP contribution < -0.4 is 11.1 Å². The summed E-state index contributed by atoms with van der Waals surface area (Å²) < 4.78 is 1.98. The highest BCUT2D eigenvalue weighted by Crippen LogP contribution is 2.21. The maximum Gasteiger partial charge on any atom is 0.232 e. The van der Waals surface area contributed by atoms with Crippen molar-refractivity contribution >= 4 is 29.3 Å². The van der Waals surface area contributed by atoms with E-state index in [1.807, 2.05) is 47.9 Å². The van der Waals surface area contributed by atoms with Crippen molar-refractivity contribution in [2.45, 2.75) is 24.4 Å². The number of para-hydroxylation sites is 1. The molecule has 0 amide bonds. The van der Waals surface area contributed by atoms with E-state index in [-0.39, 0.29) is 5.95 Å². The number of hydrogen-bond donors (Lipinski definition) is 2. The molecule has 9 heteroatoms. The van der Waals surface area contributed by atoms with E-state index in [2.05, 4.69) is 37.0 Å². The fourth-order valence-electron chi connectivity index (χ4n) is 2.15. The van der Waals surface area contributed by atoms with Gasteiger partial charge in [-0.05, 0) is 19.1 Å². The monoisotopic (exact) mass is 354 g/mol. The SMILES string of the molecule is C=CCn1c(C)nnc1SCc1nc(N)nc(Nc2ccccc2)n1. The van der Waals surface area contributed by atoms with Gasteiger partial charge in [-0.1, -0.05) is 36.0 Å². The van der Waals surface area contributed by atoms with Crippen LogP contribution in [0, 0.1) is 6.92 Å². The summed E-state index contributed by atoms with van der Waals surface area (Å²) in [5.74, 6) is 2.50. The lowest BCUT2D eigenvalue weighted by molar-refractivity contribution is 0.703. The lowest BCUT2D eigenvalue weighted by Gasteiger charge is -2.08. The molecule has 0 atom stereocenters. The van der Waals surface area contributed by atoms with Gasteiger partial charge in [0.05, 0.1) is 5.75 Å². The predicted molar refractivity (Wildman–Crippen MR) is 98.5 cm³/mol. The van der Waals surface area contributed by atoms with Gasteiger partial charge in [-0.2, -0.15) is 15.0 Å². The van der Waals surface area contributed by atoms with Crippen LogP contribution in [0.2, 0.25) is 0 Å². The van der Waals surface area contributed by atoms with Gasteiger partial charge in [-0.3, -0.25) is 0 Å². The van der Waals surface area contributed by atoms with E-state index in [1.54, 1.807) is 0 Å². The summed E-state index contributed by atoms with van der Waals surface area (Å²) in [4.78, 5) is 12.7. The topological polar surface area (TPSA) is 107 Å². The van der Waals surface area contributed by atoms with Crippen LogP contribution in [0.3, 0.4) is 0 Å². The molecule has 0 aliphatic heterocycles. The van der Waals surface area contributed by atoms with E-state index in [1.165, 1.54) is 11.8 Å². The number of rotatable bonds is 7. The zero-order valence-electron chi connectivity index (χ0n) is 13.8. The summed E-state index contributed by atoms with van der Waals surface area (Å²) in [5.41, 5.74) is 6.69. The van der Waals surface area contributed by atoms with E-state index in [0.29, 0.717) is 24.1 Å². The van der Waals surface area contributed by atoms with Crippen molar-refractivity contribution in [2.24, 2.45) is 0 Å². The highest BCUT2D eigenvalue weighted by atomic mass is 32.2. The Labute approximate surface area is 149 Å². The van der Waals surface area contributed by atoms with Crippen LogP contribution in [0.5, 0.6) is 0 Å². The first-order valence-electron chi connectivity index (χ1n) is 7.61. The predicted octanol–water partition coefficient (Wildman–Crippen LogP) is 2.58. The number of nitrogens with one attached hydrogen (secondary N) is 1. The Morgan fingerprint density at radius 2 is 2.00 bits per heavy atom.